The van der Waals surface area contributed by atoms with Gasteiger partial charge in [0.1, 0.15) is 17.4 Å². The molecule has 1 amide bonds. The summed E-state index contributed by atoms with van der Waals surface area (Å²) in [6.07, 6.45) is 1.53. The highest BCUT2D eigenvalue weighted by molar-refractivity contribution is 6.10. The molecule has 2 aromatic carbocycles. The first-order valence-electron chi connectivity index (χ1n) is 8.35. The summed E-state index contributed by atoms with van der Waals surface area (Å²) < 4.78 is 5.84. The van der Waals surface area contributed by atoms with E-state index in [0.717, 1.165) is 17.0 Å². The van der Waals surface area contributed by atoms with Gasteiger partial charge in [-0.2, -0.15) is 10.4 Å². The van der Waals surface area contributed by atoms with Crippen LogP contribution < -0.4 is 10.1 Å². The molecule has 1 heterocycles. The molecule has 6 heteroatoms. The monoisotopic (exact) mass is 358 g/mol. The zero-order valence-electron chi connectivity index (χ0n) is 15.0. The molecule has 0 saturated heterocycles. The summed E-state index contributed by atoms with van der Waals surface area (Å²) in [6.45, 7) is 3.65. The van der Waals surface area contributed by atoms with Gasteiger partial charge in [-0.15, -0.1) is 0 Å². The summed E-state index contributed by atoms with van der Waals surface area (Å²) in [4.78, 5) is 12.6. The minimum atomic E-state index is -0.512. The van der Waals surface area contributed by atoms with Gasteiger partial charge in [0.25, 0.3) is 5.91 Å². The third-order valence-corrected chi connectivity index (χ3v) is 3.95. The number of nitriles is 1. The maximum atomic E-state index is 12.6. The number of aromatic amines is 1. The average molecular weight is 358 g/mol. The smallest absolute Gasteiger partial charge is 0.266 e. The van der Waals surface area contributed by atoms with Gasteiger partial charge in [-0.1, -0.05) is 30.3 Å². The molecule has 0 spiro atoms. The molecule has 0 bridgehead atoms. The Hall–Kier alpha value is -3.85. The van der Waals surface area contributed by atoms with Gasteiger partial charge in [0.15, 0.2) is 5.75 Å². The molecule has 3 rings (SSSR count). The number of nitrogens with zero attached hydrogens (tertiary/aromatic N) is 2. The molecule has 0 radical (unpaired) electrons. The Balaban J connectivity index is 1.84. The molecule has 1 aromatic heterocycles. The first-order valence-corrected chi connectivity index (χ1v) is 8.35. The largest absolute Gasteiger partial charge is 0.455 e. The van der Waals surface area contributed by atoms with Crippen molar-refractivity contribution in [3.8, 4) is 17.6 Å². The number of aromatic nitrogens is 2. The van der Waals surface area contributed by atoms with Gasteiger partial charge in [-0.05, 0) is 44.2 Å². The summed E-state index contributed by atoms with van der Waals surface area (Å²) >= 11 is 0. The van der Waals surface area contributed by atoms with E-state index in [2.05, 4.69) is 15.5 Å². The number of rotatable bonds is 5. The number of benzene rings is 2. The molecular weight excluding hydrogens is 340 g/mol. The number of carbonyl (C=O) groups excluding carboxylic acids is 1. The van der Waals surface area contributed by atoms with Gasteiger partial charge in [0, 0.05) is 11.3 Å². The van der Waals surface area contributed by atoms with Crippen LogP contribution in [0.1, 0.15) is 17.0 Å². The zero-order valence-corrected chi connectivity index (χ0v) is 15.0. The molecule has 0 aliphatic heterocycles. The Morgan fingerprint density at radius 1 is 1.15 bits per heavy atom. The van der Waals surface area contributed by atoms with Crippen molar-refractivity contribution in [2.24, 2.45) is 0 Å². The van der Waals surface area contributed by atoms with E-state index in [4.69, 9.17) is 4.74 Å². The van der Waals surface area contributed by atoms with Crippen LogP contribution in [0, 0.1) is 25.2 Å². The standard InChI is InChI=1S/C21H18N4O2/c1-14-18(15(2)25-24-14)12-16(13-22)21(26)23-19-10-6-7-11-20(19)27-17-8-4-3-5-9-17/h3-12H,1-2H3,(H,23,26)(H,24,25)/b16-12+. The van der Waals surface area contributed by atoms with Crippen molar-refractivity contribution in [2.45, 2.75) is 13.8 Å². The number of hydrogen-bond acceptors (Lipinski definition) is 4. The molecule has 0 aliphatic rings. The number of ether oxygens (including phenoxy) is 1. The second kappa shape index (κ2) is 8.02. The maximum absolute atomic E-state index is 12.6. The highest BCUT2D eigenvalue weighted by Gasteiger charge is 2.14. The lowest BCUT2D eigenvalue weighted by Gasteiger charge is -2.12. The minimum absolute atomic E-state index is 0.0166. The van der Waals surface area contributed by atoms with Crippen LogP contribution in [-0.2, 0) is 4.79 Å². The van der Waals surface area contributed by atoms with Gasteiger partial charge < -0.3 is 10.1 Å². The van der Waals surface area contributed by atoms with E-state index in [-0.39, 0.29) is 5.57 Å². The Kier molecular flexibility index (Phi) is 5.33. The first kappa shape index (κ1) is 18.0. The molecule has 3 aromatic rings. The van der Waals surface area contributed by atoms with Crippen LogP contribution in [0.4, 0.5) is 5.69 Å². The molecule has 27 heavy (non-hydrogen) atoms. The Morgan fingerprint density at radius 2 is 1.85 bits per heavy atom. The van der Waals surface area contributed by atoms with Crippen molar-refractivity contribution >= 4 is 17.7 Å². The van der Waals surface area contributed by atoms with Gasteiger partial charge >= 0.3 is 0 Å². The van der Waals surface area contributed by atoms with Crippen LogP contribution in [-0.4, -0.2) is 16.1 Å². The molecule has 0 saturated carbocycles. The lowest BCUT2D eigenvalue weighted by Crippen LogP contribution is -2.14. The Bertz CT molecular complexity index is 1010. The summed E-state index contributed by atoms with van der Waals surface area (Å²) in [5.74, 6) is 0.631. The van der Waals surface area contributed by atoms with Gasteiger partial charge in [-0.25, -0.2) is 0 Å². The van der Waals surface area contributed by atoms with Crippen LogP contribution in [0.15, 0.2) is 60.2 Å². The third kappa shape index (κ3) is 4.22. The van der Waals surface area contributed by atoms with Gasteiger partial charge in [0.2, 0.25) is 0 Å². The second-order valence-corrected chi connectivity index (χ2v) is 5.88. The van der Waals surface area contributed by atoms with E-state index in [0.29, 0.717) is 17.2 Å². The lowest BCUT2D eigenvalue weighted by molar-refractivity contribution is -0.112. The second-order valence-electron chi connectivity index (χ2n) is 5.88. The fourth-order valence-electron chi connectivity index (χ4n) is 2.53. The molecule has 0 unspecified atom stereocenters. The third-order valence-electron chi connectivity index (χ3n) is 3.95. The fourth-order valence-corrected chi connectivity index (χ4v) is 2.53. The molecule has 0 fully saturated rings. The Morgan fingerprint density at radius 3 is 2.52 bits per heavy atom. The number of nitrogens with one attached hydrogen (secondary N) is 2. The topological polar surface area (TPSA) is 90.8 Å². The molecule has 2 N–H and O–H groups in total. The number of H-pyrrole nitrogens is 1. The normalized spacial score (nSPS) is 10.9. The van der Waals surface area contributed by atoms with Crippen LogP contribution in [0.2, 0.25) is 0 Å². The summed E-state index contributed by atoms with van der Waals surface area (Å²) in [7, 11) is 0. The predicted molar refractivity (Wildman–Crippen MR) is 103 cm³/mol. The SMILES string of the molecule is Cc1n[nH]c(C)c1/C=C(\C#N)C(=O)Nc1ccccc1Oc1ccccc1. The number of aryl methyl sites for hydroxylation is 2. The first-order chi connectivity index (χ1) is 13.1. The van der Waals surface area contributed by atoms with E-state index < -0.39 is 5.91 Å². The van der Waals surface area contributed by atoms with Crippen LogP contribution in [0.5, 0.6) is 11.5 Å². The zero-order chi connectivity index (χ0) is 19.2. The molecule has 134 valence electrons. The van der Waals surface area contributed by atoms with Crippen LogP contribution >= 0.6 is 0 Å². The van der Waals surface area contributed by atoms with E-state index in [1.807, 2.05) is 56.3 Å². The fraction of sp³-hybridized carbons (Fsp3) is 0.0952. The van der Waals surface area contributed by atoms with Gasteiger partial charge in [-0.3, -0.25) is 9.89 Å². The Labute approximate surface area is 157 Å². The van der Waals surface area contributed by atoms with E-state index in [1.165, 1.54) is 6.08 Å². The minimum Gasteiger partial charge on any atom is -0.455 e. The van der Waals surface area contributed by atoms with Crippen molar-refractivity contribution in [3.05, 3.63) is 77.1 Å². The predicted octanol–water partition coefficient (Wildman–Crippen LogP) is 4.36. The number of amides is 1. The molecule has 0 aliphatic carbocycles. The van der Waals surface area contributed by atoms with Crippen molar-refractivity contribution in [3.63, 3.8) is 0 Å². The summed E-state index contributed by atoms with van der Waals surface area (Å²) in [5.41, 5.74) is 2.71. The van der Waals surface area contributed by atoms with Crippen LogP contribution in [0.25, 0.3) is 6.08 Å². The molecule has 6 nitrogen and oxygen atoms in total. The quantitative estimate of drug-likeness (QED) is 0.523. The van der Waals surface area contributed by atoms with E-state index in [9.17, 15) is 10.1 Å². The van der Waals surface area contributed by atoms with Crippen molar-refractivity contribution < 1.29 is 9.53 Å². The summed E-state index contributed by atoms with van der Waals surface area (Å²) in [6, 6.07) is 18.3. The van der Waals surface area contributed by atoms with Crippen molar-refractivity contribution in [1.82, 2.24) is 10.2 Å². The highest BCUT2D eigenvalue weighted by atomic mass is 16.5. The lowest BCUT2D eigenvalue weighted by atomic mass is 10.1. The maximum Gasteiger partial charge on any atom is 0.266 e. The number of carbonyl (C=O) groups is 1. The molecular formula is C21H18N4O2. The van der Waals surface area contributed by atoms with Crippen molar-refractivity contribution in [2.75, 3.05) is 5.32 Å². The number of para-hydroxylation sites is 3. The van der Waals surface area contributed by atoms with Gasteiger partial charge in [0.05, 0.1) is 11.4 Å². The molecule has 0 atom stereocenters. The van der Waals surface area contributed by atoms with Crippen molar-refractivity contribution in [1.29, 1.82) is 5.26 Å². The number of hydrogen-bond donors (Lipinski definition) is 2. The van der Waals surface area contributed by atoms with E-state index in [1.54, 1.807) is 18.2 Å². The van der Waals surface area contributed by atoms with E-state index >= 15 is 0 Å². The summed E-state index contributed by atoms with van der Waals surface area (Å²) in [5, 5.41) is 19.1. The number of anilines is 1. The van der Waals surface area contributed by atoms with Crippen LogP contribution in [0.3, 0.4) is 0 Å². The highest BCUT2D eigenvalue weighted by Crippen LogP contribution is 2.29. The average Bonchev–Trinajstić information content (AvgIpc) is 3.00.